The Morgan fingerprint density at radius 1 is 1.45 bits per heavy atom. The molecule has 2 N–H and O–H groups in total. The molecular weight excluding hydrogens is 284 g/mol. The summed E-state index contributed by atoms with van der Waals surface area (Å²) >= 11 is 1.54. The summed E-state index contributed by atoms with van der Waals surface area (Å²) in [5.74, 6) is -1.22. The summed E-state index contributed by atoms with van der Waals surface area (Å²) in [5, 5.41) is 11.6. The molecule has 0 spiro atoms. The average molecular weight is 301 g/mol. The molecule has 3 nitrogen and oxygen atoms in total. The first-order valence-electron chi connectivity index (χ1n) is 6.11. The summed E-state index contributed by atoms with van der Waals surface area (Å²) in [6.07, 6.45) is 4.52. The third kappa shape index (κ3) is 5.30. The van der Waals surface area contributed by atoms with E-state index < -0.39 is 17.5 Å². The fraction of sp³-hybridized carbons (Fsp3) is 0.357. The van der Waals surface area contributed by atoms with E-state index >= 15 is 0 Å². The molecule has 0 aliphatic rings. The van der Waals surface area contributed by atoms with Crippen molar-refractivity contribution in [1.29, 1.82) is 0 Å². The summed E-state index contributed by atoms with van der Waals surface area (Å²) in [6, 6.07) is 3.35. The second kappa shape index (κ2) is 8.71. The van der Waals surface area contributed by atoms with Crippen molar-refractivity contribution < 1.29 is 18.7 Å². The van der Waals surface area contributed by atoms with Crippen LogP contribution in [0.4, 0.5) is 8.78 Å². The van der Waals surface area contributed by atoms with E-state index in [2.05, 4.69) is 5.32 Å². The Morgan fingerprint density at radius 2 is 2.10 bits per heavy atom. The van der Waals surface area contributed by atoms with Gasteiger partial charge in [-0.3, -0.25) is 4.79 Å². The molecule has 1 rings (SSSR count). The number of thioether (sulfide) groups is 1. The summed E-state index contributed by atoms with van der Waals surface area (Å²) in [4.78, 5) is 11.7. The highest BCUT2D eigenvalue weighted by Crippen LogP contribution is 2.13. The molecule has 1 atom stereocenters. The zero-order valence-corrected chi connectivity index (χ0v) is 11.9. The highest BCUT2D eigenvalue weighted by atomic mass is 32.2. The summed E-state index contributed by atoms with van der Waals surface area (Å²) < 4.78 is 26.7. The maximum atomic E-state index is 13.3. The van der Waals surface area contributed by atoms with Gasteiger partial charge in [-0.2, -0.15) is 11.8 Å². The predicted octanol–water partition coefficient (Wildman–Crippen LogP) is 2.21. The van der Waals surface area contributed by atoms with E-state index in [4.69, 9.17) is 5.11 Å². The molecule has 0 radical (unpaired) electrons. The minimum atomic E-state index is -0.718. The van der Waals surface area contributed by atoms with Crippen LogP contribution in [0.1, 0.15) is 12.0 Å². The van der Waals surface area contributed by atoms with Crippen LogP contribution in [0.25, 0.3) is 6.08 Å². The normalized spacial score (nSPS) is 12.6. The van der Waals surface area contributed by atoms with Gasteiger partial charge in [0, 0.05) is 30.0 Å². The predicted molar refractivity (Wildman–Crippen MR) is 77.4 cm³/mol. The highest BCUT2D eigenvalue weighted by Gasteiger charge is 2.10. The van der Waals surface area contributed by atoms with Crippen LogP contribution in [-0.2, 0) is 4.79 Å². The van der Waals surface area contributed by atoms with Gasteiger partial charge >= 0.3 is 0 Å². The van der Waals surface area contributed by atoms with Crippen molar-refractivity contribution in [3.05, 3.63) is 41.5 Å². The van der Waals surface area contributed by atoms with Crippen LogP contribution in [0.3, 0.4) is 0 Å². The molecule has 20 heavy (non-hydrogen) atoms. The number of hydrogen-bond acceptors (Lipinski definition) is 3. The third-order valence-electron chi connectivity index (χ3n) is 2.59. The summed E-state index contributed by atoms with van der Waals surface area (Å²) in [6.45, 7) is -0.0306. The van der Waals surface area contributed by atoms with Gasteiger partial charge in [0.05, 0.1) is 0 Å². The third-order valence-corrected chi connectivity index (χ3v) is 3.33. The van der Waals surface area contributed by atoms with Crippen LogP contribution >= 0.6 is 11.8 Å². The fourth-order valence-corrected chi connectivity index (χ4v) is 2.28. The van der Waals surface area contributed by atoms with Crippen molar-refractivity contribution in [3.8, 4) is 0 Å². The number of aliphatic hydroxyl groups excluding tert-OH is 1. The number of hydrogen-bond donors (Lipinski definition) is 2. The van der Waals surface area contributed by atoms with Crippen molar-refractivity contribution in [1.82, 2.24) is 5.32 Å². The number of carbonyl (C=O) groups excluding carboxylic acids is 1. The molecule has 0 aliphatic carbocycles. The smallest absolute Gasteiger partial charge is 0.244 e. The van der Waals surface area contributed by atoms with Gasteiger partial charge in [0.1, 0.15) is 11.6 Å². The molecule has 1 unspecified atom stereocenters. The van der Waals surface area contributed by atoms with E-state index in [9.17, 15) is 13.6 Å². The van der Waals surface area contributed by atoms with Gasteiger partial charge in [0.25, 0.3) is 0 Å². The Morgan fingerprint density at radius 3 is 2.65 bits per heavy atom. The van der Waals surface area contributed by atoms with E-state index in [1.54, 1.807) is 11.8 Å². The first-order valence-corrected chi connectivity index (χ1v) is 7.50. The fourth-order valence-electron chi connectivity index (χ4n) is 1.63. The van der Waals surface area contributed by atoms with E-state index in [0.29, 0.717) is 12.2 Å². The van der Waals surface area contributed by atoms with Crippen LogP contribution in [0.2, 0.25) is 0 Å². The molecule has 0 aromatic heterocycles. The minimum absolute atomic E-state index is 0.0306. The van der Waals surface area contributed by atoms with Crippen LogP contribution in [0.5, 0.6) is 0 Å². The summed E-state index contributed by atoms with van der Waals surface area (Å²) in [7, 11) is 0. The SMILES string of the molecule is CSCC(CCO)NC(=O)/C=C/c1c(F)cccc1F. The number of aliphatic hydroxyl groups is 1. The molecule has 0 heterocycles. The van der Waals surface area contributed by atoms with Crippen LogP contribution in [0.15, 0.2) is 24.3 Å². The summed E-state index contributed by atoms with van der Waals surface area (Å²) in [5.41, 5.74) is -0.244. The molecule has 1 aromatic rings. The lowest BCUT2D eigenvalue weighted by Crippen LogP contribution is -2.36. The van der Waals surface area contributed by atoms with Crippen LogP contribution in [-0.4, -0.2) is 35.7 Å². The standard InChI is InChI=1S/C14H17F2NO2S/c1-20-9-10(7-8-18)17-14(19)6-5-11-12(15)3-2-4-13(11)16/h2-6,10,18H,7-9H2,1H3,(H,17,19)/b6-5+. The number of carbonyl (C=O) groups is 1. The monoisotopic (exact) mass is 301 g/mol. The topological polar surface area (TPSA) is 49.3 Å². The number of benzene rings is 1. The zero-order valence-electron chi connectivity index (χ0n) is 11.1. The minimum Gasteiger partial charge on any atom is -0.396 e. The average Bonchev–Trinajstić information content (AvgIpc) is 2.38. The number of halogens is 2. The van der Waals surface area contributed by atoms with Gasteiger partial charge in [0.2, 0.25) is 5.91 Å². The molecule has 0 saturated heterocycles. The lowest BCUT2D eigenvalue weighted by molar-refractivity contribution is -0.117. The van der Waals surface area contributed by atoms with Crippen molar-refractivity contribution in [2.75, 3.05) is 18.6 Å². The Bertz CT molecular complexity index is 454. The van der Waals surface area contributed by atoms with Gasteiger partial charge in [-0.1, -0.05) is 6.07 Å². The molecule has 0 bridgehead atoms. The zero-order chi connectivity index (χ0) is 15.0. The molecule has 1 amide bonds. The largest absolute Gasteiger partial charge is 0.396 e. The van der Waals surface area contributed by atoms with Gasteiger partial charge in [-0.25, -0.2) is 8.78 Å². The van der Waals surface area contributed by atoms with E-state index in [1.807, 2.05) is 6.26 Å². The quantitative estimate of drug-likeness (QED) is 0.759. The van der Waals surface area contributed by atoms with Crippen molar-refractivity contribution in [2.24, 2.45) is 0 Å². The maximum Gasteiger partial charge on any atom is 0.244 e. The second-order valence-corrected chi connectivity index (χ2v) is 5.05. The van der Waals surface area contributed by atoms with Gasteiger partial charge in [-0.05, 0) is 30.9 Å². The van der Waals surface area contributed by atoms with E-state index in [0.717, 1.165) is 24.3 Å². The van der Waals surface area contributed by atoms with Crippen LogP contribution < -0.4 is 5.32 Å². The van der Waals surface area contributed by atoms with Crippen molar-refractivity contribution in [3.63, 3.8) is 0 Å². The Hall–Kier alpha value is -1.40. The van der Waals surface area contributed by atoms with Crippen molar-refractivity contribution in [2.45, 2.75) is 12.5 Å². The number of amides is 1. The Kier molecular flexibility index (Phi) is 7.25. The first kappa shape index (κ1) is 16.7. The lowest BCUT2D eigenvalue weighted by Gasteiger charge is -2.15. The van der Waals surface area contributed by atoms with E-state index in [-0.39, 0.29) is 18.2 Å². The molecule has 1 aromatic carbocycles. The molecule has 6 heteroatoms. The Labute approximate surface area is 121 Å². The molecular formula is C14H17F2NO2S. The molecule has 110 valence electrons. The maximum absolute atomic E-state index is 13.3. The molecule has 0 aliphatic heterocycles. The van der Waals surface area contributed by atoms with Gasteiger partial charge in [-0.15, -0.1) is 0 Å². The van der Waals surface area contributed by atoms with Crippen molar-refractivity contribution >= 4 is 23.7 Å². The first-order chi connectivity index (χ1) is 9.58. The number of nitrogens with one attached hydrogen (secondary N) is 1. The van der Waals surface area contributed by atoms with E-state index in [1.165, 1.54) is 6.07 Å². The van der Waals surface area contributed by atoms with Gasteiger partial charge in [0.15, 0.2) is 0 Å². The number of rotatable bonds is 7. The molecule has 0 fully saturated rings. The van der Waals surface area contributed by atoms with Crippen LogP contribution in [0, 0.1) is 11.6 Å². The van der Waals surface area contributed by atoms with Gasteiger partial charge < -0.3 is 10.4 Å². The second-order valence-electron chi connectivity index (χ2n) is 4.14. The lowest BCUT2D eigenvalue weighted by atomic mass is 10.2. The highest BCUT2D eigenvalue weighted by molar-refractivity contribution is 7.98. The Balaban J connectivity index is 2.67. The molecule has 0 saturated carbocycles.